The Bertz CT molecular complexity index is 707. The number of halogens is 3. The van der Waals surface area contributed by atoms with Crippen molar-refractivity contribution in [1.82, 2.24) is 4.98 Å². The van der Waals surface area contributed by atoms with Crippen molar-refractivity contribution >= 4 is 65.8 Å². The number of anilines is 1. The van der Waals surface area contributed by atoms with Crippen LogP contribution >= 0.6 is 50.1 Å². The Kier molecular flexibility index (Phi) is 4.70. The van der Waals surface area contributed by atoms with E-state index in [1.165, 1.54) is 18.3 Å². The van der Waals surface area contributed by atoms with E-state index in [-0.39, 0.29) is 10.0 Å². The molecule has 0 spiro atoms. The molecule has 0 atom stereocenters. The Morgan fingerprint density at radius 1 is 1.26 bits per heavy atom. The van der Waals surface area contributed by atoms with Crippen molar-refractivity contribution in [2.45, 2.75) is 4.90 Å². The smallest absolute Gasteiger partial charge is 0.263 e. The van der Waals surface area contributed by atoms with Gasteiger partial charge in [0.15, 0.2) is 0 Å². The molecule has 0 aliphatic rings. The monoisotopic (exact) mass is 472 g/mol. The Balaban J connectivity index is 2.36. The maximum Gasteiger partial charge on any atom is 0.263 e. The van der Waals surface area contributed by atoms with Gasteiger partial charge in [0.05, 0.1) is 5.69 Å². The SMILES string of the molecule is O=S(=O)(Nc1cc(Br)ccc1I)c1ccc(Cl)nc1. The third-order valence-corrected chi connectivity index (χ3v) is 5.19. The standard InChI is InChI=1S/C11H7BrClIN2O2S/c12-7-1-3-9(14)10(5-7)16-19(17,18)8-2-4-11(13)15-6-8/h1-6,16H. The molecule has 0 fully saturated rings. The minimum Gasteiger partial charge on any atom is -0.278 e. The zero-order valence-electron chi connectivity index (χ0n) is 9.27. The zero-order valence-corrected chi connectivity index (χ0v) is 14.6. The molecule has 2 aromatic rings. The van der Waals surface area contributed by atoms with Crippen molar-refractivity contribution in [2.75, 3.05) is 4.72 Å². The molecular weight excluding hydrogens is 466 g/mol. The van der Waals surface area contributed by atoms with E-state index in [0.717, 1.165) is 8.04 Å². The Hall–Kier alpha value is -0.380. The lowest BCUT2D eigenvalue weighted by molar-refractivity contribution is 0.601. The number of nitrogens with zero attached hydrogens (tertiary/aromatic N) is 1. The number of pyridine rings is 1. The van der Waals surface area contributed by atoms with Gasteiger partial charge in [-0.05, 0) is 52.9 Å². The highest BCUT2D eigenvalue weighted by molar-refractivity contribution is 14.1. The van der Waals surface area contributed by atoms with Crippen LogP contribution in [0.15, 0.2) is 45.9 Å². The first-order valence-electron chi connectivity index (χ1n) is 4.98. The lowest BCUT2D eigenvalue weighted by atomic mass is 10.3. The number of rotatable bonds is 3. The molecule has 0 radical (unpaired) electrons. The van der Waals surface area contributed by atoms with E-state index in [2.05, 4.69) is 48.2 Å². The molecular formula is C11H7BrClIN2O2S. The van der Waals surface area contributed by atoms with Crippen LogP contribution in [-0.2, 0) is 10.0 Å². The van der Waals surface area contributed by atoms with Crippen LogP contribution in [0.2, 0.25) is 5.15 Å². The van der Waals surface area contributed by atoms with Crippen molar-refractivity contribution in [1.29, 1.82) is 0 Å². The maximum atomic E-state index is 12.2. The van der Waals surface area contributed by atoms with Crippen LogP contribution in [0.3, 0.4) is 0 Å². The van der Waals surface area contributed by atoms with Crippen LogP contribution in [0.5, 0.6) is 0 Å². The van der Waals surface area contributed by atoms with Gasteiger partial charge in [-0.3, -0.25) is 4.72 Å². The normalized spacial score (nSPS) is 11.3. The van der Waals surface area contributed by atoms with Crippen molar-refractivity contribution in [3.8, 4) is 0 Å². The molecule has 0 bridgehead atoms. The van der Waals surface area contributed by atoms with Crippen LogP contribution < -0.4 is 4.72 Å². The summed E-state index contributed by atoms with van der Waals surface area (Å²) in [6, 6.07) is 8.18. The predicted octanol–water partition coefficient (Wildman–Crippen LogP) is 3.90. The van der Waals surface area contributed by atoms with E-state index in [9.17, 15) is 8.42 Å². The summed E-state index contributed by atoms with van der Waals surface area (Å²) in [5, 5.41) is 0.246. The van der Waals surface area contributed by atoms with Gasteiger partial charge in [-0.25, -0.2) is 13.4 Å². The molecule has 0 unspecified atom stereocenters. The van der Waals surface area contributed by atoms with Crippen LogP contribution in [0.1, 0.15) is 0 Å². The Morgan fingerprint density at radius 3 is 2.63 bits per heavy atom. The first-order valence-corrected chi connectivity index (χ1v) is 8.71. The summed E-state index contributed by atoms with van der Waals surface area (Å²) >= 11 is 11.0. The fourth-order valence-electron chi connectivity index (χ4n) is 1.30. The van der Waals surface area contributed by atoms with Crippen LogP contribution in [0, 0.1) is 3.57 Å². The van der Waals surface area contributed by atoms with Crippen molar-refractivity contribution in [2.24, 2.45) is 0 Å². The molecule has 0 aliphatic carbocycles. The summed E-state index contributed by atoms with van der Waals surface area (Å²) in [6.45, 7) is 0. The molecule has 1 aromatic carbocycles. The molecule has 1 N–H and O–H groups in total. The predicted molar refractivity (Wildman–Crippen MR) is 86.9 cm³/mol. The summed E-state index contributed by atoms with van der Waals surface area (Å²) in [5.41, 5.74) is 0.505. The second kappa shape index (κ2) is 5.94. The molecule has 19 heavy (non-hydrogen) atoms. The number of aromatic nitrogens is 1. The average molecular weight is 474 g/mol. The lowest BCUT2D eigenvalue weighted by Crippen LogP contribution is -2.14. The number of sulfonamides is 1. The van der Waals surface area contributed by atoms with E-state index in [4.69, 9.17) is 11.6 Å². The molecule has 0 saturated carbocycles. The van der Waals surface area contributed by atoms with Gasteiger partial charge in [0.1, 0.15) is 10.0 Å². The molecule has 100 valence electrons. The highest BCUT2D eigenvalue weighted by atomic mass is 127. The van der Waals surface area contributed by atoms with Gasteiger partial charge in [-0.1, -0.05) is 27.5 Å². The lowest BCUT2D eigenvalue weighted by Gasteiger charge is -2.10. The van der Waals surface area contributed by atoms with Gasteiger partial charge in [-0.2, -0.15) is 0 Å². The fraction of sp³-hybridized carbons (Fsp3) is 0. The maximum absolute atomic E-state index is 12.2. The van der Waals surface area contributed by atoms with Gasteiger partial charge < -0.3 is 0 Å². The van der Waals surface area contributed by atoms with Gasteiger partial charge in [0.2, 0.25) is 0 Å². The first kappa shape index (κ1) is 15.0. The summed E-state index contributed by atoms with van der Waals surface area (Å²) in [4.78, 5) is 3.82. The van der Waals surface area contributed by atoms with Gasteiger partial charge in [-0.15, -0.1) is 0 Å². The van der Waals surface area contributed by atoms with Crippen molar-refractivity contribution in [3.63, 3.8) is 0 Å². The third-order valence-electron chi connectivity index (χ3n) is 2.18. The molecule has 4 nitrogen and oxygen atoms in total. The fourth-order valence-corrected chi connectivity index (χ4v) is 3.44. The molecule has 8 heteroatoms. The molecule has 0 saturated heterocycles. The minimum atomic E-state index is -3.67. The first-order chi connectivity index (χ1) is 8.88. The zero-order chi connectivity index (χ0) is 14.0. The number of nitrogens with one attached hydrogen (secondary N) is 1. The third kappa shape index (κ3) is 3.80. The van der Waals surface area contributed by atoms with Gasteiger partial charge >= 0.3 is 0 Å². The van der Waals surface area contributed by atoms with Crippen LogP contribution in [0.25, 0.3) is 0 Å². The highest BCUT2D eigenvalue weighted by Crippen LogP contribution is 2.25. The Morgan fingerprint density at radius 2 is 2.00 bits per heavy atom. The largest absolute Gasteiger partial charge is 0.278 e. The number of benzene rings is 1. The molecule has 1 aromatic heterocycles. The van der Waals surface area contributed by atoms with Gasteiger partial charge in [0, 0.05) is 14.2 Å². The summed E-state index contributed by atoms with van der Waals surface area (Å²) in [7, 11) is -3.67. The van der Waals surface area contributed by atoms with E-state index in [1.807, 2.05) is 12.1 Å². The van der Waals surface area contributed by atoms with Gasteiger partial charge in [0.25, 0.3) is 10.0 Å². The highest BCUT2D eigenvalue weighted by Gasteiger charge is 2.16. The van der Waals surface area contributed by atoms with Crippen LogP contribution in [0.4, 0.5) is 5.69 Å². The summed E-state index contributed by atoms with van der Waals surface area (Å²) < 4.78 is 28.4. The van der Waals surface area contributed by atoms with E-state index < -0.39 is 10.0 Å². The second-order valence-corrected chi connectivity index (χ2v) is 7.69. The number of hydrogen-bond donors (Lipinski definition) is 1. The summed E-state index contributed by atoms with van der Waals surface area (Å²) in [6.07, 6.45) is 1.22. The van der Waals surface area contributed by atoms with Crippen molar-refractivity contribution in [3.05, 3.63) is 49.7 Å². The molecule has 2 rings (SSSR count). The number of hydrogen-bond acceptors (Lipinski definition) is 3. The van der Waals surface area contributed by atoms with Crippen molar-refractivity contribution < 1.29 is 8.42 Å². The average Bonchev–Trinajstić information content (AvgIpc) is 2.34. The Labute approximate surface area is 137 Å². The van der Waals surface area contributed by atoms with E-state index in [1.54, 1.807) is 6.07 Å². The molecule has 0 amide bonds. The second-order valence-electron chi connectivity index (χ2n) is 3.55. The van der Waals surface area contributed by atoms with E-state index >= 15 is 0 Å². The quantitative estimate of drug-likeness (QED) is 0.544. The van der Waals surface area contributed by atoms with E-state index in [0.29, 0.717) is 5.69 Å². The molecule has 0 aliphatic heterocycles. The topological polar surface area (TPSA) is 59.1 Å². The van der Waals surface area contributed by atoms with Crippen LogP contribution in [-0.4, -0.2) is 13.4 Å². The summed E-state index contributed by atoms with van der Waals surface area (Å²) in [5.74, 6) is 0. The minimum absolute atomic E-state index is 0.0627. The molecule has 1 heterocycles.